The number of hydrogen-bond donors (Lipinski definition) is 0. The Morgan fingerprint density at radius 1 is 0.941 bits per heavy atom. The second-order valence-corrected chi connectivity index (χ2v) is 6.65. The summed E-state index contributed by atoms with van der Waals surface area (Å²) in [6.45, 7) is 7.47. The average molecular weight is 332 g/mol. The average Bonchev–Trinajstić information content (AvgIpc) is 2.18. The Hall–Kier alpha value is 0.334. The van der Waals surface area contributed by atoms with Crippen LogP contribution in [0.4, 0.5) is 0 Å². The Bertz CT molecular complexity index is 539. The van der Waals surface area contributed by atoms with Gasteiger partial charge < -0.3 is 0 Å². The van der Waals surface area contributed by atoms with E-state index >= 15 is 0 Å². The van der Waals surface area contributed by atoms with Crippen molar-refractivity contribution in [1.29, 1.82) is 0 Å². The molecule has 0 unspecified atom stereocenters. The van der Waals surface area contributed by atoms with E-state index in [4.69, 9.17) is 22.3 Å². The summed E-state index contributed by atoms with van der Waals surface area (Å²) in [5.74, 6) is 0.148. The fraction of sp³-hybridized carbons (Fsp3) is 0.455. The second-order valence-electron chi connectivity index (χ2n) is 3.88. The van der Waals surface area contributed by atoms with Crippen LogP contribution in [0.5, 0.6) is 0 Å². The Morgan fingerprint density at radius 3 is 1.71 bits per heavy atom. The molecule has 6 heteroatoms. The molecule has 1 aromatic rings. The molecule has 1 rings (SSSR count). The molecule has 0 saturated carbocycles. The summed E-state index contributed by atoms with van der Waals surface area (Å²) >= 11 is 5.82. The molecule has 0 bridgehead atoms. The van der Waals surface area contributed by atoms with Crippen LogP contribution in [-0.4, -0.2) is 8.42 Å². The molecule has 0 aliphatic rings. The zero-order valence-electron chi connectivity index (χ0n) is 10.1. The van der Waals surface area contributed by atoms with Gasteiger partial charge in [0.25, 0.3) is 9.05 Å². The Kier molecular flexibility index (Phi) is 6.10. The Morgan fingerprint density at radius 2 is 1.35 bits per heavy atom. The van der Waals surface area contributed by atoms with E-state index in [1.807, 2.05) is 20.8 Å². The minimum atomic E-state index is -3.75. The van der Waals surface area contributed by atoms with Crippen LogP contribution >= 0.6 is 22.3 Å². The molecule has 95 valence electrons. The third kappa shape index (κ3) is 3.21. The third-order valence-electron chi connectivity index (χ3n) is 3.13. The van der Waals surface area contributed by atoms with Crippen LogP contribution in [-0.2, 0) is 33.5 Å². The smallest absolute Gasteiger partial charge is 0.207 e. The van der Waals surface area contributed by atoms with Gasteiger partial charge in [-0.3, -0.25) is 0 Å². The van der Waals surface area contributed by atoms with E-state index in [0.29, 0.717) is 11.1 Å². The van der Waals surface area contributed by atoms with Gasteiger partial charge in [-0.05, 0) is 55.5 Å². The maximum absolute atomic E-state index is 11.6. The first-order chi connectivity index (χ1) is 7.21. The van der Waals surface area contributed by atoms with E-state index < -0.39 is 9.05 Å². The van der Waals surface area contributed by atoms with Gasteiger partial charge in [-0.2, -0.15) is 0 Å². The van der Waals surface area contributed by atoms with Crippen LogP contribution in [0.2, 0.25) is 0 Å². The quantitative estimate of drug-likeness (QED) is 0.613. The van der Waals surface area contributed by atoms with Crippen molar-refractivity contribution in [2.75, 3.05) is 0 Å². The van der Waals surface area contributed by atoms with Gasteiger partial charge in [0.05, 0.1) is 4.90 Å². The summed E-state index contributed by atoms with van der Waals surface area (Å²) in [6, 6.07) is 0. The third-order valence-corrected chi connectivity index (χ3v) is 4.90. The van der Waals surface area contributed by atoms with Gasteiger partial charge in [-0.1, -0.05) is 0 Å². The van der Waals surface area contributed by atoms with Crippen LogP contribution < -0.4 is 0 Å². The number of halogens is 2. The summed E-state index contributed by atoms with van der Waals surface area (Å²) in [7, 11) is 1.71. The molecular formula is C11H14Cl2O2SV. The second kappa shape index (κ2) is 5.98. The van der Waals surface area contributed by atoms with Crippen LogP contribution in [0, 0.1) is 27.7 Å². The molecule has 0 fully saturated rings. The molecular weight excluding hydrogens is 318 g/mol. The van der Waals surface area contributed by atoms with Crippen molar-refractivity contribution in [1.82, 2.24) is 0 Å². The zero-order valence-corrected chi connectivity index (χ0v) is 13.9. The molecule has 2 nitrogen and oxygen atoms in total. The topological polar surface area (TPSA) is 34.1 Å². The van der Waals surface area contributed by atoms with Crippen LogP contribution in [0.25, 0.3) is 0 Å². The first kappa shape index (κ1) is 17.3. The molecule has 0 aliphatic carbocycles. The van der Waals surface area contributed by atoms with Gasteiger partial charge in [0.2, 0.25) is 0 Å². The van der Waals surface area contributed by atoms with Gasteiger partial charge >= 0.3 is 0 Å². The fourth-order valence-electron chi connectivity index (χ4n) is 1.85. The summed E-state index contributed by atoms with van der Waals surface area (Å²) in [5, 5.41) is 0. The van der Waals surface area contributed by atoms with Gasteiger partial charge in [0, 0.05) is 35.1 Å². The molecule has 0 aliphatic heterocycles. The predicted molar refractivity (Wildman–Crippen MR) is 68.0 cm³/mol. The summed E-state index contributed by atoms with van der Waals surface area (Å²) in [4.78, 5) is 0.171. The zero-order chi connectivity index (χ0) is 12.7. The number of benzene rings is 1. The van der Waals surface area contributed by atoms with Crippen LogP contribution in [0.3, 0.4) is 0 Å². The van der Waals surface area contributed by atoms with E-state index in [1.54, 1.807) is 6.92 Å². The van der Waals surface area contributed by atoms with E-state index in [0.717, 1.165) is 16.7 Å². The SMILES string of the molecule is Cc1c(C)c(C)c(S(=O)(=O)Cl)c(CCl)c1C.[V]. The van der Waals surface area contributed by atoms with Gasteiger partial charge in [-0.15, -0.1) is 11.6 Å². The number of rotatable bonds is 2. The van der Waals surface area contributed by atoms with Crippen molar-refractivity contribution in [2.24, 2.45) is 0 Å². The minimum Gasteiger partial charge on any atom is -0.207 e. The normalized spacial score (nSPS) is 11.2. The van der Waals surface area contributed by atoms with Gasteiger partial charge in [0.1, 0.15) is 0 Å². The minimum absolute atomic E-state index is 0. The molecule has 0 heterocycles. The first-order valence-electron chi connectivity index (χ1n) is 4.81. The monoisotopic (exact) mass is 331 g/mol. The standard InChI is InChI=1S/C11H14Cl2O2S.V/c1-6-7(2)9(4)11(16(13,14)15)10(5-12)8(6)3;/h5H2,1-4H3;. The van der Waals surface area contributed by atoms with Crippen molar-refractivity contribution >= 4 is 31.3 Å². The number of hydrogen-bond acceptors (Lipinski definition) is 2. The van der Waals surface area contributed by atoms with E-state index in [9.17, 15) is 8.42 Å². The maximum Gasteiger partial charge on any atom is 0.261 e. The van der Waals surface area contributed by atoms with E-state index in [-0.39, 0.29) is 29.3 Å². The van der Waals surface area contributed by atoms with Gasteiger partial charge in [0.15, 0.2) is 0 Å². The molecule has 0 saturated heterocycles. The largest absolute Gasteiger partial charge is 0.261 e. The van der Waals surface area contributed by atoms with Crippen molar-refractivity contribution in [2.45, 2.75) is 38.5 Å². The Labute approximate surface area is 124 Å². The molecule has 1 aromatic carbocycles. The van der Waals surface area contributed by atoms with Crippen LogP contribution in [0.15, 0.2) is 4.90 Å². The molecule has 0 amide bonds. The number of alkyl halides is 1. The van der Waals surface area contributed by atoms with Crippen molar-refractivity contribution in [3.05, 3.63) is 27.8 Å². The molecule has 0 N–H and O–H groups in total. The Balaban J connectivity index is 0.00000256. The van der Waals surface area contributed by atoms with Crippen molar-refractivity contribution < 1.29 is 27.0 Å². The summed E-state index contributed by atoms with van der Waals surface area (Å²) in [5.41, 5.74) is 4.21. The van der Waals surface area contributed by atoms with Crippen molar-refractivity contribution in [3.63, 3.8) is 0 Å². The molecule has 0 atom stereocenters. The van der Waals surface area contributed by atoms with Crippen LogP contribution in [0.1, 0.15) is 27.8 Å². The molecule has 17 heavy (non-hydrogen) atoms. The fourth-order valence-corrected chi connectivity index (χ4v) is 3.92. The predicted octanol–water partition coefficient (Wildman–Crippen LogP) is 3.58. The first-order valence-corrected chi connectivity index (χ1v) is 7.66. The molecule has 1 radical (unpaired) electrons. The molecule has 0 aromatic heterocycles. The van der Waals surface area contributed by atoms with E-state index in [1.165, 1.54) is 0 Å². The summed E-state index contributed by atoms with van der Waals surface area (Å²) < 4.78 is 23.1. The van der Waals surface area contributed by atoms with Gasteiger partial charge in [-0.25, -0.2) is 8.42 Å². The molecule has 0 spiro atoms. The van der Waals surface area contributed by atoms with Crippen molar-refractivity contribution in [3.8, 4) is 0 Å². The van der Waals surface area contributed by atoms with E-state index in [2.05, 4.69) is 0 Å². The summed E-state index contributed by atoms with van der Waals surface area (Å²) in [6.07, 6.45) is 0. The maximum atomic E-state index is 11.6.